The minimum absolute atomic E-state index is 0.241. The van der Waals surface area contributed by atoms with Gasteiger partial charge in [-0.05, 0) is 35.2 Å². The van der Waals surface area contributed by atoms with E-state index in [2.05, 4.69) is 29.2 Å². The van der Waals surface area contributed by atoms with Crippen molar-refractivity contribution in [2.24, 2.45) is 5.73 Å². The highest BCUT2D eigenvalue weighted by Crippen LogP contribution is 2.32. The SMILES string of the molecule is NCc1ccc(CCC(=O)N2CCN(Cc3ccc4c(c3)OCO4)CC2)cc1. The highest BCUT2D eigenvalue weighted by molar-refractivity contribution is 5.76. The lowest BCUT2D eigenvalue weighted by Crippen LogP contribution is -2.48. The summed E-state index contributed by atoms with van der Waals surface area (Å²) >= 11 is 0. The van der Waals surface area contributed by atoms with Crippen LogP contribution < -0.4 is 15.2 Å². The van der Waals surface area contributed by atoms with Gasteiger partial charge in [-0.3, -0.25) is 9.69 Å². The van der Waals surface area contributed by atoms with E-state index in [1.807, 2.05) is 23.1 Å². The summed E-state index contributed by atoms with van der Waals surface area (Å²) in [6, 6.07) is 14.3. The van der Waals surface area contributed by atoms with Gasteiger partial charge in [-0.15, -0.1) is 0 Å². The fraction of sp³-hybridized carbons (Fsp3) is 0.409. The van der Waals surface area contributed by atoms with Crippen LogP contribution in [-0.2, 0) is 24.3 Å². The minimum atomic E-state index is 0.241. The van der Waals surface area contributed by atoms with Gasteiger partial charge in [0.15, 0.2) is 11.5 Å². The number of carbonyl (C=O) groups excluding carboxylic acids is 1. The summed E-state index contributed by atoms with van der Waals surface area (Å²) in [6.07, 6.45) is 1.34. The van der Waals surface area contributed by atoms with E-state index in [9.17, 15) is 4.79 Å². The second kappa shape index (κ2) is 8.63. The number of ether oxygens (including phenoxy) is 2. The van der Waals surface area contributed by atoms with Crippen molar-refractivity contribution < 1.29 is 14.3 Å². The van der Waals surface area contributed by atoms with Crippen molar-refractivity contribution >= 4 is 5.91 Å². The largest absolute Gasteiger partial charge is 0.454 e. The molecule has 0 unspecified atom stereocenters. The first-order valence-electron chi connectivity index (χ1n) is 9.88. The number of fused-ring (bicyclic) bond motifs is 1. The van der Waals surface area contributed by atoms with Crippen molar-refractivity contribution in [1.82, 2.24) is 9.80 Å². The molecule has 6 heteroatoms. The molecule has 28 heavy (non-hydrogen) atoms. The van der Waals surface area contributed by atoms with Crippen LogP contribution in [0.4, 0.5) is 0 Å². The molecule has 0 aromatic heterocycles. The summed E-state index contributed by atoms with van der Waals surface area (Å²) in [7, 11) is 0. The van der Waals surface area contributed by atoms with E-state index < -0.39 is 0 Å². The van der Waals surface area contributed by atoms with Crippen LogP contribution in [0.2, 0.25) is 0 Å². The van der Waals surface area contributed by atoms with Crippen molar-refractivity contribution in [1.29, 1.82) is 0 Å². The summed E-state index contributed by atoms with van der Waals surface area (Å²) in [6.45, 7) is 5.08. The normalized spacial score (nSPS) is 16.4. The summed E-state index contributed by atoms with van der Waals surface area (Å²) in [5.41, 5.74) is 9.15. The quantitative estimate of drug-likeness (QED) is 0.830. The van der Waals surface area contributed by atoms with E-state index in [0.29, 0.717) is 19.8 Å². The van der Waals surface area contributed by atoms with Crippen LogP contribution in [0.25, 0.3) is 0 Å². The molecular formula is C22H27N3O3. The fourth-order valence-electron chi connectivity index (χ4n) is 3.70. The monoisotopic (exact) mass is 381 g/mol. The molecule has 0 saturated carbocycles. The van der Waals surface area contributed by atoms with Crippen molar-refractivity contribution in [2.45, 2.75) is 25.9 Å². The van der Waals surface area contributed by atoms with Crippen LogP contribution >= 0.6 is 0 Å². The van der Waals surface area contributed by atoms with Gasteiger partial charge in [-0.1, -0.05) is 30.3 Å². The predicted molar refractivity (Wildman–Crippen MR) is 107 cm³/mol. The van der Waals surface area contributed by atoms with Crippen LogP contribution in [-0.4, -0.2) is 48.7 Å². The van der Waals surface area contributed by atoms with E-state index in [0.717, 1.165) is 56.2 Å². The number of nitrogens with two attached hydrogens (primary N) is 1. The van der Waals surface area contributed by atoms with Gasteiger partial charge in [0.1, 0.15) is 0 Å². The first-order valence-corrected chi connectivity index (χ1v) is 9.88. The molecule has 0 aliphatic carbocycles. The molecule has 4 rings (SSSR count). The molecule has 2 heterocycles. The van der Waals surface area contributed by atoms with Gasteiger partial charge in [0.05, 0.1) is 0 Å². The lowest BCUT2D eigenvalue weighted by Gasteiger charge is -2.35. The molecule has 0 atom stereocenters. The van der Waals surface area contributed by atoms with Crippen LogP contribution in [0.1, 0.15) is 23.1 Å². The number of benzene rings is 2. The maximum atomic E-state index is 12.5. The third-order valence-electron chi connectivity index (χ3n) is 5.45. The van der Waals surface area contributed by atoms with E-state index in [4.69, 9.17) is 15.2 Å². The summed E-state index contributed by atoms with van der Waals surface area (Å²) in [4.78, 5) is 16.9. The maximum absolute atomic E-state index is 12.5. The van der Waals surface area contributed by atoms with Gasteiger partial charge in [-0.25, -0.2) is 0 Å². The second-order valence-corrected chi connectivity index (χ2v) is 7.37. The molecule has 148 valence electrons. The Morgan fingerprint density at radius 3 is 2.32 bits per heavy atom. The Bertz CT molecular complexity index is 814. The fourth-order valence-corrected chi connectivity index (χ4v) is 3.70. The Labute approximate surface area is 165 Å². The first kappa shape index (κ1) is 18.8. The standard InChI is InChI=1S/C22H27N3O3/c23-14-18-3-1-17(2-4-18)6-8-22(26)25-11-9-24(10-12-25)15-19-5-7-20-21(13-19)28-16-27-20/h1-5,7,13H,6,8-12,14-16,23H2. The number of nitrogens with zero attached hydrogens (tertiary/aromatic N) is 2. The van der Waals surface area contributed by atoms with Crippen molar-refractivity contribution in [3.8, 4) is 11.5 Å². The molecule has 2 aliphatic rings. The molecule has 2 aromatic carbocycles. The molecule has 2 aromatic rings. The Balaban J connectivity index is 1.22. The van der Waals surface area contributed by atoms with Crippen molar-refractivity contribution in [3.05, 3.63) is 59.2 Å². The van der Waals surface area contributed by atoms with E-state index in [-0.39, 0.29) is 5.91 Å². The second-order valence-electron chi connectivity index (χ2n) is 7.37. The Morgan fingerprint density at radius 1 is 0.893 bits per heavy atom. The zero-order chi connectivity index (χ0) is 19.3. The first-order chi connectivity index (χ1) is 13.7. The maximum Gasteiger partial charge on any atom is 0.231 e. The molecule has 1 saturated heterocycles. The number of carbonyl (C=O) groups is 1. The van der Waals surface area contributed by atoms with Gasteiger partial charge in [0.2, 0.25) is 12.7 Å². The molecule has 0 spiro atoms. The average Bonchev–Trinajstić information content (AvgIpc) is 3.21. The van der Waals surface area contributed by atoms with Gasteiger partial charge >= 0.3 is 0 Å². The zero-order valence-electron chi connectivity index (χ0n) is 16.1. The number of rotatable bonds is 6. The van der Waals surface area contributed by atoms with E-state index in [1.165, 1.54) is 11.1 Å². The summed E-state index contributed by atoms with van der Waals surface area (Å²) < 4.78 is 10.8. The summed E-state index contributed by atoms with van der Waals surface area (Å²) in [5, 5.41) is 0. The number of amides is 1. The van der Waals surface area contributed by atoms with Gasteiger partial charge in [0, 0.05) is 45.7 Å². The lowest BCUT2D eigenvalue weighted by atomic mass is 10.1. The smallest absolute Gasteiger partial charge is 0.231 e. The third kappa shape index (κ3) is 4.46. The van der Waals surface area contributed by atoms with Crippen molar-refractivity contribution in [2.75, 3.05) is 33.0 Å². The third-order valence-corrected chi connectivity index (χ3v) is 5.45. The highest BCUT2D eigenvalue weighted by atomic mass is 16.7. The van der Waals surface area contributed by atoms with Crippen LogP contribution in [0.15, 0.2) is 42.5 Å². The number of piperazine rings is 1. The van der Waals surface area contributed by atoms with Crippen LogP contribution in [0.5, 0.6) is 11.5 Å². The Hall–Kier alpha value is -2.57. The molecule has 0 bridgehead atoms. The average molecular weight is 381 g/mol. The Kier molecular flexibility index (Phi) is 5.78. The van der Waals surface area contributed by atoms with Gasteiger partial charge in [0.25, 0.3) is 0 Å². The minimum Gasteiger partial charge on any atom is -0.454 e. The molecule has 1 amide bonds. The van der Waals surface area contributed by atoms with Crippen LogP contribution in [0.3, 0.4) is 0 Å². The highest BCUT2D eigenvalue weighted by Gasteiger charge is 2.21. The lowest BCUT2D eigenvalue weighted by molar-refractivity contribution is -0.133. The molecule has 0 radical (unpaired) electrons. The van der Waals surface area contributed by atoms with E-state index >= 15 is 0 Å². The summed E-state index contributed by atoms with van der Waals surface area (Å²) in [5.74, 6) is 1.88. The topological polar surface area (TPSA) is 68.0 Å². The van der Waals surface area contributed by atoms with Gasteiger partial charge in [-0.2, -0.15) is 0 Å². The molecule has 2 N–H and O–H groups in total. The van der Waals surface area contributed by atoms with Gasteiger partial charge < -0.3 is 20.1 Å². The zero-order valence-corrected chi connectivity index (χ0v) is 16.1. The molecular weight excluding hydrogens is 354 g/mol. The Morgan fingerprint density at radius 2 is 1.57 bits per heavy atom. The van der Waals surface area contributed by atoms with Crippen molar-refractivity contribution in [3.63, 3.8) is 0 Å². The van der Waals surface area contributed by atoms with E-state index in [1.54, 1.807) is 0 Å². The number of aryl methyl sites for hydroxylation is 1. The predicted octanol–water partition coefficient (Wildman–Crippen LogP) is 2.15. The molecule has 1 fully saturated rings. The van der Waals surface area contributed by atoms with Crippen LogP contribution in [0, 0.1) is 0 Å². The molecule has 6 nitrogen and oxygen atoms in total. The molecule has 2 aliphatic heterocycles. The number of hydrogen-bond acceptors (Lipinski definition) is 5. The number of hydrogen-bond donors (Lipinski definition) is 1.